The lowest BCUT2D eigenvalue weighted by atomic mass is 10.2. The zero-order valence-corrected chi connectivity index (χ0v) is 16.3. The number of carbonyl (C=O) groups excluding carboxylic acids is 2. The number of aryl methyl sites for hydroxylation is 1. The summed E-state index contributed by atoms with van der Waals surface area (Å²) < 4.78 is 0. The average molecular weight is 385 g/mol. The number of piperazine rings is 1. The first-order valence-electron chi connectivity index (χ1n) is 9.44. The highest BCUT2D eigenvalue weighted by atomic mass is 32.1. The summed E-state index contributed by atoms with van der Waals surface area (Å²) in [5.74, 6) is 0.150. The number of benzene rings is 1. The maximum atomic E-state index is 12.9. The largest absolute Gasteiger partial charge is 0.352 e. The van der Waals surface area contributed by atoms with E-state index in [4.69, 9.17) is 0 Å². The summed E-state index contributed by atoms with van der Waals surface area (Å²) in [7, 11) is 0. The second-order valence-corrected chi connectivity index (χ2v) is 8.21. The van der Waals surface area contributed by atoms with Crippen LogP contribution < -0.4 is 5.32 Å². The van der Waals surface area contributed by atoms with Crippen LogP contribution in [0.25, 0.3) is 10.6 Å². The molecule has 1 aromatic carbocycles. The summed E-state index contributed by atoms with van der Waals surface area (Å²) in [5.41, 5.74) is 1.83. The van der Waals surface area contributed by atoms with Crippen LogP contribution >= 0.6 is 11.3 Å². The topological polar surface area (TPSA) is 65.5 Å². The van der Waals surface area contributed by atoms with Crippen molar-refractivity contribution in [1.82, 2.24) is 20.1 Å². The molecule has 2 fully saturated rings. The van der Waals surface area contributed by atoms with Gasteiger partial charge in [0.05, 0.1) is 12.2 Å². The van der Waals surface area contributed by atoms with Gasteiger partial charge in [-0.15, -0.1) is 11.3 Å². The van der Waals surface area contributed by atoms with Crippen LogP contribution in [-0.2, 0) is 4.79 Å². The lowest BCUT2D eigenvalue weighted by Crippen LogP contribution is -2.51. The summed E-state index contributed by atoms with van der Waals surface area (Å²) in [4.78, 5) is 34.2. The molecule has 2 heterocycles. The molecule has 1 saturated carbocycles. The number of carbonyl (C=O) groups is 2. The van der Waals surface area contributed by atoms with E-state index in [0.29, 0.717) is 30.6 Å². The molecule has 27 heavy (non-hydrogen) atoms. The second kappa shape index (κ2) is 7.78. The predicted molar refractivity (Wildman–Crippen MR) is 106 cm³/mol. The molecule has 1 N–H and O–H groups in total. The van der Waals surface area contributed by atoms with Crippen LogP contribution in [0.3, 0.4) is 0 Å². The summed E-state index contributed by atoms with van der Waals surface area (Å²) in [5, 5.41) is 3.90. The molecule has 0 spiro atoms. The van der Waals surface area contributed by atoms with Crippen molar-refractivity contribution in [2.75, 3.05) is 32.7 Å². The minimum Gasteiger partial charge on any atom is -0.352 e. The van der Waals surface area contributed by atoms with Gasteiger partial charge in [-0.2, -0.15) is 0 Å². The fraction of sp³-hybridized carbons (Fsp3) is 0.450. The van der Waals surface area contributed by atoms with Crippen molar-refractivity contribution >= 4 is 23.2 Å². The van der Waals surface area contributed by atoms with E-state index >= 15 is 0 Å². The van der Waals surface area contributed by atoms with E-state index in [-0.39, 0.29) is 11.8 Å². The summed E-state index contributed by atoms with van der Waals surface area (Å²) in [6.07, 6.45) is 2.21. The smallest absolute Gasteiger partial charge is 0.265 e. The van der Waals surface area contributed by atoms with Gasteiger partial charge in [-0.1, -0.05) is 30.3 Å². The molecule has 0 radical (unpaired) electrons. The minimum atomic E-state index is 0.0502. The third kappa shape index (κ3) is 4.36. The Morgan fingerprint density at radius 3 is 2.52 bits per heavy atom. The number of hydrogen-bond acceptors (Lipinski definition) is 5. The standard InChI is InChI=1S/C20H24N4O2S/c1-14-18(27-19(21-14)15-5-3-2-4-6-15)20(26)24-11-9-23(10-12-24)13-17(25)22-16-7-8-16/h2-6,16H,7-13H2,1H3,(H,22,25). The molecule has 2 aromatic rings. The molecule has 0 unspecified atom stereocenters. The third-order valence-electron chi connectivity index (χ3n) is 4.98. The Hall–Kier alpha value is -2.25. The van der Waals surface area contributed by atoms with Gasteiger partial charge in [-0.05, 0) is 19.8 Å². The molecule has 142 valence electrons. The second-order valence-electron chi connectivity index (χ2n) is 7.21. The van der Waals surface area contributed by atoms with Crippen LogP contribution in [0.4, 0.5) is 0 Å². The highest BCUT2D eigenvalue weighted by Gasteiger charge is 2.28. The van der Waals surface area contributed by atoms with Crippen molar-refractivity contribution in [3.63, 3.8) is 0 Å². The summed E-state index contributed by atoms with van der Waals surface area (Å²) >= 11 is 1.46. The molecule has 1 aliphatic carbocycles. The van der Waals surface area contributed by atoms with E-state index in [9.17, 15) is 9.59 Å². The normalized spacial score (nSPS) is 17.7. The molecule has 6 nitrogen and oxygen atoms in total. The first-order chi connectivity index (χ1) is 13.1. The Kier molecular flexibility index (Phi) is 5.22. The van der Waals surface area contributed by atoms with E-state index < -0.39 is 0 Å². The van der Waals surface area contributed by atoms with E-state index in [1.165, 1.54) is 11.3 Å². The van der Waals surface area contributed by atoms with Crippen LogP contribution in [0.2, 0.25) is 0 Å². The van der Waals surface area contributed by atoms with Crippen LogP contribution in [0, 0.1) is 6.92 Å². The van der Waals surface area contributed by atoms with Gasteiger partial charge in [-0.25, -0.2) is 4.98 Å². The van der Waals surface area contributed by atoms with Crippen LogP contribution in [0.1, 0.15) is 28.2 Å². The van der Waals surface area contributed by atoms with Gasteiger partial charge in [0.1, 0.15) is 9.88 Å². The van der Waals surface area contributed by atoms with Gasteiger partial charge in [0.15, 0.2) is 0 Å². The number of thiazole rings is 1. The molecule has 1 aliphatic heterocycles. The first-order valence-corrected chi connectivity index (χ1v) is 10.3. The number of amides is 2. The molecule has 7 heteroatoms. The molecular formula is C20H24N4O2S. The molecular weight excluding hydrogens is 360 g/mol. The Morgan fingerprint density at radius 1 is 1.15 bits per heavy atom. The van der Waals surface area contributed by atoms with Crippen molar-refractivity contribution in [3.05, 3.63) is 40.9 Å². The fourth-order valence-corrected chi connectivity index (χ4v) is 4.30. The van der Waals surface area contributed by atoms with E-state index in [1.54, 1.807) is 0 Å². The number of nitrogens with zero attached hydrogens (tertiary/aromatic N) is 3. The fourth-order valence-electron chi connectivity index (χ4n) is 3.26. The zero-order chi connectivity index (χ0) is 18.8. The van der Waals surface area contributed by atoms with Gasteiger partial charge in [0.2, 0.25) is 5.91 Å². The number of aromatic nitrogens is 1. The van der Waals surface area contributed by atoms with E-state index in [0.717, 1.165) is 42.2 Å². The monoisotopic (exact) mass is 384 g/mol. The van der Waals surface area contributed by atoms with Gasteiger partial charge in [-0.3, -0.25) is 14.5 Å². The highest BCUT2D eigenvalue weighted by Crippen LogP contribution is 2.28. The molecule has 2 amide bonds. The molecule has 0 atom stereocenters. The summed E-state index contributed by atoms with van der Waals surface area (Å²) in [6.45, 7) is 5.08. The predicted octanol–water partition coefficient (Wildman–Crippen LogP) is 2.15. The van der Waals surface area contributed by atoms with E-state index in [1.807, 2.05) is 42.2 Å². The number of rotatable bonds is 5. The Balaban J connectivity index is 1.35. The SMILES string of the molecule is Cc1nc(-c2ccccc2)sc1C(=O)N1CCN(CC(=O)NC2CC2)CC1. The van der Waals surface area contributed by atoms with Gasteiger partial charge < -0.3 is 10.2 Å². The Bertz CT molecular complexity index is 824. The van der Waals surface area contributed by atoms with Crippen LogP contribution in [0.15, 0.2) is 30.3 Å². The van der Waals surface area contributed by atoms with Crippen molar-refractivity contribution in [2.45, 2.75) is 25.8 Å². The lowest BCUT2D eigenvalue weighted by molar-refractivity contribution is -0.122. The van der Waals surface area contributed by atoms with Gasteiger partial charge in [0, 0.05) is 37.8 Å². The third-order valence-corrected chi connectivity index (χ3v) is 6.18. The number of hydrogen-bond donors (Lipinski definition) is 1. The van der Waals surface area contributed by atoms with Crippen molar-refractivity contribution in [3.8, 4) is 10.6 Å². The number of nitrogens with one attached hydrogen (secondary N) is 1. The van der Waals surface area contributed by atoms with Crippen molar-refractivity contribution in [1.29, 1.82) is 0 Å². The molecule has 1 saturated heterocycles. The van der Waals surface area contributed by atoms with Crippen molar-refractivity contribution in [2.24, 2.45) is 0 Å². The maximum absolute atomic E-state index is 12.9. The van der Waals surface area contributed by atoms with Crippen molar-refractivity contribution < 1.29 is 9.59 Å². The molecule has 1 aromatic heterocycles. The van der Waals surface area contributed by atoms with E-state index in [2.05, 4.69) is 15.2 Å². The zero-order valence-electron chi connectivity index (χ0n) is 15.5. The lowest BCUT2D eigenvalue weighted by Gasteiger charge is -2.34. The van der Waals surface area contributed by atoms with Gasteiger partial charge in [0.25, 0.3) is 5.91 Å². The average Bonchev–Trinajstić information content (AvgIpc) is 3.41. The minimum absolute atomic E-state index is 0.0502. The Labute approximate surface area is 163 Å². The van der Waals surface area contributed by atoms with Crippen LogP contribution in [-0.4, -0.2) is 65.4 Å². The highest BCUT2D eigenvalue weighted by molar-refractivity contribution is 7.17. The summed E-state index contributed by atoms with van der Waals surface area (Å²) in [6, 6.07) is 10.3. The first kappa shape index (κ1) is 18.1. The molecule has 4 rings (SSSR count). The van der Waals surface area contributed by atoms with Gasteiger partial charge >= 0.3 is 0 Å². The quantitative estimate of drug-likeness (QED) is 0.858. The molecule has 2 aliphatic rings. The molecule has 0 bridgehead atoms. The maximum Gasteiger partial charge on any atom is 0.265 e. The van der Waals surface area contributed by atoms with Crippen LogP contribution in [0.5, 0.6) is 0 Å². The Morgan fingerprint density at radius 2 is 1.85 bits per heavy atom.